The topological polar surface area (TPSA) is 12.0 Å². The molecule has 0 saturated carbocycles. The van der Waals surface area contributed by atoms with E-state index >= 15 is 0 Å². The first-order valence-corrected chi connectivity index (χ1v) is 7.46. The fourth-order valence-electron chi connectivity index (χ4n) is 2.09. The van der Waals surface area contributed by atoms with Crippen LogP contribution in [0.4, 0.5) is 0 Å². The summed E-state index contributed by atoms with van der Waals surface area (Å²) < 4.78 is 1.06. The lowest BCUT2D eigenvalue weighted by Crippen LogP contribution is -2.18. The normalized spacial score (nSPS) is 12.5. The van der Waals surface area contributed by atoms with E-state index in [1.807, 2.05) is 19.2 Å². The summed E-state index contributed by atoms with van der Waals surface area (Å²) in [6.45, 7) is 2.06. The van der Waals surface area contributed by atoms with Gasteiger partial charge in [-0.15, -0.1) is 0 Å². The van der Waals surface area contributed by atoms with Crippen molar-refractivity contribution >= 4 is 39.1 Å². The standard InChI is InChI=1S/C15H14BrCl2N/c1-9-6-7-10(12(16)8-9)15(19-2)11-4-3-5-13(17)14(11)18/h3-8,15,19H,1-2H3. The van der Waals surface area contributed by atoms with Crippen LogP contribution in [0.2, 0.25) is 10.0 Å². The van der Waals surface area contributed by atoms with E-state index in [9.17, 15) is 0 Å². The predicted molar refractivity (Wildman–Crippen MR) is 86.2 cm³/mol. The molecule has 0 aliphatic carbocycles. The molecule has 19 heavy (non-hydrogen) atoms. The van der Waals surface area contributed by atoms with Gasteiger partial charge in [0.25, 0.3) is 0 Å². The summed E-state index contributed by atoms with van der Waals surface area (Å²) in [6.07, 6.45) is 0. The Balaban J connectivity index is 2.53. The molecule has 0 aromatic heterocycles. The molecule has 0 spiro atoms. The van der Waals surface area contributed by atoms with E-state index in [4.69, 9.17) is 23.2 Å². The maximum Gasteiger partial charge on any atom is 0.0643 e. The van der Waals surface area contributed by atoms with E-state index in [0.717, 1.165) is 15.6 Å². The van der Waals surface area contributed by atoms with Gasteiger partial charge in [0.05, 0.1) is 16.1 Å². The van der Waals surface area contributed by atoms with Gasteiger partial charge in [0, 0.05) is 4.47 Å². The van der Waals surface area contributed by atoms with Crippen LogP contribution in [-0.4, -0.2) is 7.05 Å². The average Bonchev–Trinajstić information content (AvgIpc) is 2.37. The van der Waals surface area contributed by atoms with Crippen molar-refractivity contribution in [1.82, 2.24) is 5.32 Å². The Kier molecular flexibility index (Phi) is 4.91. The molecule has 0 fully saturated rings. The number of halogens is 3. The number of benzene rings is 2. The van der Waals surface area contributed by atoms with Gasteiger partial charge in [0.2, 0.25) is 0 Å². The average molecular weight is 359 g/mol. The molecule has 2 aromatic rings. The number of rotatable bonds is 3. The van der Waals surface area contributed by atoms with Crippen molar-refractivity contribution in [3.63, 3.8) is 0 Å². The summed E-state index contributed by atoms with van der Waals surface area (Å²) in [4.78, 5) is 0. The molecule has 4 heteroatoms. The van der Waals surface area contributed by atoms with E-state index in [-0.39, 0.29) is 6.04 Å². The van der Waals surface area contributed by atoms with Crippen molar-refractivity contribution in [3.8, 4) is 0 Å². The van der Waals surface area contributed by atoms with Crippen molar-refractivity contribution in [2.75, 3.05) is 7.05 Å². The van der Waals surface area contributed by atoms with Gasteiger partial charge in [0.15, 0.2) is 0 Å². The van der Waals surface area contributed by atoms with Crippen LogP contribution in [0.15, 0.2) is 40.9 Å². The lowest BCUT2D eigenvalue weighted by Gasteiger charge is -2.20. The zero-order valence-corrected chi connectivity index (χ0v) is 13.8. The first-order chi connectivity index (χ1) is 9.04. The maximum absolute atomic E-state index is 6.31. The zero-order chi connectivity index (χ0) is 14.0. The number of nitrogens with one attached hydrogen (secondary N) is 1. The van der Waals surface area contributed by atoms with Crippen LogP contribution < -0.4 is 5.32 Å². The fraction of sp³-hybridized carbons (Fsp3) is 0.200. The Morgan fingerprint density at radius 3 is 2.47 bits per heavy atom. The molecule has 1 nitrogen and oxygen atoms in total. The van der Waals surface area contributed by atoms with Crippen LogP contribution in [0.25, 0.3) is 0 Å². The highest BCUT2D eigenvalue weighted by atomic mass is 79.9. The summed E-state index contributed by atoms with van der Waals surface area (Å²) >= 11 is 16.0. The van der Waals surface area contributed by atoms with Crippen LogP contribution in [0, 0.1) is 6.92 Å². The minimum absolute atomic E-state index is 0.00109. The Morgan fingerprint density at radius 2 is 1.84 bits per heavy atom. The van der Waals surface area contributed by atoms with Crippen LogP contribution >= 0.6 is 39.1 Å². The molecule has 1 unspecified atom stereocenters. The van der Waals surface area contributed by atoms with Crippen molar-refractivity contribution in [2.24, 2.45) is 0 Å². The van der Waals surface area contributed by atoms with Gasteiger partial charge in [-0.25, -0.2) is 0 Å². The highest BCUT2D eigenvalue weighted by Crippen LogP contribution is 2.35. The van der Waals surface area contributed by atoms with E-state index in [1.165, 1.54) is 5.56 Å². The van der Waals surface area contributed by atoms with Crippen molar-refractivity contribution in [1.29, 1.82) is 0 Å². The van der Waals surface area contributed by atoms with Gasteiger partial charge in [-0.05, 0) is 42.8 Å². The Morgan fingerprint density at radius 1 is 1.11 bits per heavy atom. The van der Waals surface area contributed by atoms with Crippen LogP contribution in [-0.2, 0) is 0 Å². The predicted octanol–water partition coefficient (Wildman–Crippen LogP) is 5.37. The molecule has 2 rings (SSSR count). The molecule has 1 atom stereocenters. The summed E-state index contributed by atoms with van der Waals surface area (Å²) in [5, 5.41) is 4.46. The molecule has 0 bridgehead atoms. The van der Waals surface area contributed by atoms with Crippen LogP contribution in [0.1, 0.15) is 22.7 Å². The number of hydrogen-bond donors (Lipinski definition) is 1. The molecular formula is C15H14BrCl2N. The summed E-state index contributed by atoms with van der Waals surface area (Å²) in [7, 11) is 1.91. The lowest BCUT2D eigenvalue weighted by atomic mass is 9.98. The minimum atomic E-state index is 0.00109. The second-order valence-corrected chi connectivity index (χ2v) is 6.03. The van der Waals surface area contributed by atoms with E-state index in [1.54, 1.807) is 6.07 Å². The smallest absolute Gasteiger partial charge is 0.0643 e. The third-order valence-corrected chi connectivity index (χ3v) is 4.57. The number of hydrogen-bond acceptors (Lipinski definition) is 1. The van der Waals surface area contributed by atoms with Gasteiger partial charge in [-0.3, -0.25) is 0 Å². The molecule has 0 radical (unpaired) electrons. The van der Waals surface area contributed by atoms with E-state index in [0.29, 0.717) is 10.0 Å². The Bertz CT molecular complexity index is 599. The van der Waals surface area contributed by atoms with Gasteiger partial charge in [-0.2, -0.15) is 0 Å². The third kappa shape index (κ3) is 3.14. The molecule has 0 heterocycles. The SMILES string of the molecule is CNC(c1ccc(C)cc1Br)c1cccc(Cl)c1Cl. The van der Waals surface area contributed by atoms with E-state index in [2.05, 4.69) is 46.4 Å². The van der Waals surface area contributed by atoms with Crippen molar-refractivity contribution < 1.29 is 0 Å². The summed E-state index contributed by atoms with van der Waals surface area (Å²) in [5.41, 5.74) is 3.32. The minimum Gasteiger partial charge on any atom is -0.309 e. The first kappa shape index (κ1) is 14.9. The first-order valence-electron chi connectivity index (χ1n) is 5.92. The monoisotopic (exact) mass is 357 g/mol. The lowest BCUT2D eigenvalue weighted by molar-refractivity contribution is 0.689. The molecule has 0 saturated heterocycles. The maximum atomic E-state index is 6.31. The summed E-state index contributed by atoms with van der Waals surface area (Å²) in [5.74, 6) is 0. The van der Waals surface area contributed by atoms with Gasteiger partial charge in [0.1, 0.15) is 0 Å². The second-order valence-electron chi connectivity index (χ2n) is 4.39. The molecule has 100 valence electrons. The molecule has 0 aliphatic heterocycles. The zero-order valence-electron chi connectivity index (χ0n) is 10.7. The second kappa shape index (κ2) is 6.27. The quantitative estimate of drug-likeness (QED) is 0.777. The molecule has 0 aliphatic rings. The summed E-state index contributed by atoms with van der Waals surface area (Å²) in [6, 6.07) is 12.0. The van der Waals surface area contributed by atoms with E-state index < -0.39 is 0 Å². The molecule has 2 aromatic carbocycles. The highest BCUT2D eigenvalue weighted by molar-refractivity contribution is 9.10. The van der Waals surface area contributed by atoms with Crippen molar-refractivity contribution in [2.45, 2.75) is 13.0 Å². The van der Waals surface area contributed by atoms with Crippen LogP contribution in [0.5, 0.6) is 0 Å². The third-order valence-electron chi connectivity index (χ3n) is 3.05. The largest absolute Gasteiger partial charge is 0.309 e. The molecule has 0 amide bonds. The van der Waals surface area contributed by atoms with Gasteiger partial charge in [-0.1, -0.05) is 63.4 Å². The van der Waals surface area contributed by atoms with Crippen molar-refractivity contribution in [3.05, 3.63) is 67.6 Å². The number of aryl methyl sites for hydroxylation is 1. The molecule has 1 N–H and O–H groups in total. The highest BCUT2D eigenvalue weighted by Gasteiger charge is 2.18. The molecular weight excluding hydrogens is 345 g/mol. The fourth-order valence-corrected chi connectivity index (χ4v) is 3.23. The van der Waals surface area contributed by atoms with Gasteiger partial charge >= 0.3 is 0 Å². The Labute approximate surface area is 132 Å². The van der Waals surface area contributed by atoms with Gasteiger partial charge < -0.3 is 5.32 Å². The Hall–Kier alpha value is -0.540. The van der Waals surface area contributed by atoms with Crippen LogP contribution in [0.3, 0.4) is 0 Å².